The number of Topliss-reactive ketones (excluding diaryl/α,β-unsaturated/α-hetero) is 1. The summed E-state index contributed by atoms with van der Waals surface area (Å²) in [5.41, 5.74) is 3.07. The molecule has 1 saturated carbocycles. The maximum absolute atomic E-state index is 13.8. The Balaban J connectivity index is 1.20. The molecule has 0 bridgehead atoms. The number of ketones is 1. The fraction of sp³-hybridized carbons (Fsp3) is 0.281. The molecule has 0 N–H and O–H groups in total. The zero-order chi connectivity index (χ0) is 30.4. The summed E-state index contributed by atoms with van der Waals surface area (Å²) >= 11 is 0. The van der Waals surface area contributed by atoms with Crippen LogP contribution in [0.5, 0.6) is 0 Å². The van der Waals surface area contributed by atoms with Crippen LogP contribution in [0.4, 0.5) is 8.78 Å². The van der Waals surface area contributed by atoms with E-state index in [9.17, 15) is 23.6 Å². The van der Waals surface area contributed by atoms with Gasteiger partial charge in [0.2, 0.25) is 11.9 Å². The topological polar surface area (TPSA) is 122 Å². The van der Waals surface area contributed by atoms with Crippen LogP contribution in [0.15, 0.2) is 67.3 Å². The average molecular weight is 593 g/mol. The van der Waals surface area contributed by atoms with Crippen LogP contribution >= 0.6 is 0 Å². The Morgan fingerprint density at radius 3 is 2.50 bits per heavy atom. The van der Waals surface area contributed by atoms with Crippen LogP contribution in [-0.2, 0) is 11.2 Å². The number of benzene rings is 1. The molecule has 0 spiro atoms. The molecular weight excluding hydrogens is 566 g/mol. The molecule has 2 aliphatic rings. The van der Waals surface area contributed by atoms with E-state index in [4.69, 9.17) is 10.1 Å². The molecule has 1 saturated heterocycles. The van der Waals surface area contributed by atoms with Gasteiger partial charge in [-0.25, -0.2) is 23.9 Å². The first-order valence-electron chi connectivity index (χ1n) is 14.4. The van der Waals surface area contributed by atoms with Crippen LogP contribution in [0.1, 0.15) is 47.8 Å². The van der Waals surface area contributed by atoms with Gasteiger partial charge in [-0.05, 0) is 68.1 Å². The number of nitriles is 1. The van der Waals surface area contributed by atoms with E-state index in [2.05, 4.69) is 20.6 Å². The maximum Gasteiger partial charge on any atom is 0.243 e. The molecule has 12 heteroatoms. The number of piperidine rings is 1. The van der Waals surface area contributed by atoms with E-state index in [-0.39, 0.29) is 35.5 Å². The minimum Gasteiger partial charge on any atom is -0.341 e. The summed E-state index contributed by atoms with van der Waals surface area (Å²) in [6, 6.07) is 14.5. The lowest BCUT2D eigenvalue weighted by molar-refractivity contribution is -0.136. The lowest BCUT2D eigenvalue weighted by atomic mass is 10.00. The highest BCUT2D eigenvalue weighted by atomic mass is 19.1. The normalized spacial score (nSPS) is 16.2. The van der Waals surface area contributed by atoms with Crippen molar-refractivity contribution < 1.29 is 18.4 Å². The molecule has 1 aliphatic carbocycles. The van der Waals surface area contributed by atoms with Crippen molar-refractivity contribution in [2.24, 2.45) is 5.41 Å². The molecule has 0 radical (unpaired) electrons. The molecule has 220 valence electrons. The van der Waals surface area contributed by atoms with Gasteiger partial charge in [0.05, 0.1) is 42.1 Å². The number of imidazole rings is 2. The SMILES string of the molecule is N#CC1(C(=O)N2CCC(n3cnc(-c4ccc(F)cc4)c3-c3ccc4nc(CC(=O)c5ccnc(F)c5)cn4n3)CC2)CC1. The zero-order valence-corrected chi connectivity index (χ0v) is 23.5. The monoisotopic (exact) mass is 592 g/mol. The van der Waals surface area contributed by atoms with Gasteiger partial charge in [0.25, 0.3) is 0 Å². The summed E-state index contributed by atoms with van der Waals surface area (Å²) in [5.74, 6) is -1.45. The lowest BCUT2D eigenvalue weighted by Gasteiger charge is -2.34. The van der Waals surface area contributed by atoms with E-state index in [1.165, 1.54) is 24.4 Å². The molecule has 1 aromatic carbocycles. The van der Waals surface area contributed by atoms with Gasteiger partial charge in [-0.1, -0.05) is 0 Å². The number of halogens is 2. The average Bonchev–Trinajstić information content (AvgIpc) is 3.55. The minimum atomic E-state index is -0.842. The summed E-state index contributed by atoms with van der Waals surface area (Å²) in [4.78, 5) is 40.2. The van der Waals surface area contributed by atoms with Crippen molar-refractivity contribution in [2.75, 3.05) is 13.1 Å². The first-order chi connectivity index (χ1) is 21.3. The van der Waals surface area contributed by atoms with Gasteiger partial charge in [-0.2, -0.15) is 14.8 Å². The van der Waals surface area contributed by atoms with Gasteiger partial charge in [-0.3, -0.25) is 9.59 Å². The van der Waals surface area contributed by atoms with E-state index in [1.54, 1.807) is 40.1 Å². The standard InChI is InChI=1S/C32H26F2N8O2/c33-22-3-1-20(2-4-22)29-30(41(19-37-29)24-8-13-40(14-9-24)31(44)32(18-35)10-11-32)25-5-6-28-38-23(17-42(28)39-25)16-26(43)21-7-12-36-27(34)15-21/h1-7,12,15,17,19,24H,8-11,13-14,16H2. The molecule has 7 rings (SSSR count). The molecule has 5 heterocycles. The number of carbonyl (C=O) groups is 2. The second-order valence-electron chi connectivity index (χ2n) is 11.3. The first kappa shape index (κ1) is 27.5. The molecule has 1 amide bonds. The third-order valence-electron chi connectivity index (χ3n) is 8.43. The largest absolute Gasteiger partial charge is 0.341 e. The third-order valence-corrected chi connectivity index (χ3v) is 8.43. The van der Waals surface area contributed by atoms with E-state index in [0.29, 0.717) is 61.5 Å². The van der Waals surface area contributed by atoms with E-state index in [0.717, 1.165) is 17.3 Å². The number of hydrogen-bond donors (Lipinski definition) is 0. The van der Waals surface area contributed by atoms with E-state index in [1.807, 2.05) is 6.07 Å². The molecule has 44 heavy (non-hydrogen) atoms. The number of aromatic nitrogens is 6. The number of hydrogen-bond acceptors (Lipinski definition) is 7. The Morgan fingerprint density at radius 1 is 1.02 bits per heavy atom. The zero-order valence-electron chi connectivity index (χ0n) is 23.5. The quantitative estimate of drug-likeness (QED) is 0.196. The van der Waals surface area contributed by atoms with Gasteiger partial charge < -0.3 is 9.47 Å². The Hall–Kier alpha value is -5.31. The molecule has 10 nitrogen and oxygen atoms in total. The Morgan fingerprint density at radius 2 is 1.80 bits per heavy atom. The number of nitrogens with zero attached hydrogens (tertiary/aromatic N) is 8. The van der Waals surface area contributed by atoms with Crippen molar-refractivity contribution in [2.45, 2.75) is 38.1 Å². The minimum absolute atomic E-state index is 0.0159. The van der Waals surface area contributed by atoms with Crippen LogP contribution in [-0.4, -0.2) is 58.8 Å². The number of amides is 1. The molecule has 5 aromatic rings. The fourth-order valence-electron chi connectivity index (χ4n) is 5.84. The van der Waals surface area contributed by atoms with Gasteiger partial charge in [-0.15, -0.1) is 0 Å². The van der Waals surface area contributed by atoms with Crippen LogP contribution < -0.4 is 0 Å². The highest BCUT2D eigenvalue weighted by molar-refractivity contribution is 5.97. The molecular formula is C32H26F2N8O2. The van der Waals surface area contributed by atoms with Crippen molar-refractivity contribution in [3.63, 3.8) is 0 Å². The predicted molar refractivity (Wildman–Crippen MR) is 154 cm³/mol. The number of fused-ring (bicyclic) bond motifs is 1. The van der Waals surface area contributed by atoms with E-state index < -0.39 is 11.4 Å². The van der Waals surface area contributed by atoms with Crippen LogP contribution in [0.2, 0.25) is 0 Å². The van der Waals surface area contributed by atoms with Crippen molar-refractivity contribution in [3.8, 4) is 28.7 Å². The number of pyridine rings is 1. The Kier molecular flexibility index (Phi) is 6.73. The molecule has 1 aliphatic heterocycles. The molecule has 4 aromatic heterocycles. The third kappa shape index (κ3) is 5.00. The summed E-state index contributed by atoms with van der Waals surface area (Å²) in [5, 5.41) is 14.3. The fourth-order valence-corrected chi connectivity index (χ4v) is 5.84. The second kappa shape index (κ2) is 10.8. The summed E-state index contributed by atoms with van der Waals surface area (Å²) in [7, 11) is 0. The van der Waals surface area contributed by atoms with Crippen LogP contribution in [0, 0.1) is 28.5 Å². The van der Waals surface area contributed by atoms with Gasteiger partial charge in [0, 0.05) is 42.5 Å². The van der Waals surface area contributed by atoms with Crippen molar-refractivity contribution >= 4 is 17.3 Å². The molecule has 2 fully saturated rings. The lowest BCUT2D eigenvalue weighted by Crippen LogP contribution is -2.42. The number of carbonyl (C=O) groups excluding carboxylic acids is 2. The summed E-state index contributed by atoms with van der Waals surface area (Å²) in [6.07, 6.45) is 7.23. The van der Waals surface area contributed by atoms with Crippen molar-refractivity contribution in [3.05, 3.63) is 90.3 Å². The predicted octanol–water partition coefficient (Wildman–Crippen LogP) is 4.83. The molecule has 0 unspecified atom stereocenters. The van der Waals surface area contributed by atoms with Crippen LogP contribution in [0.25, 0.3) is 28.3 Å². The molecule has 0 atom stereocenters. The van der Waals surface area contributed by atoms with Crippen molar-refractivity contribution in [1.82, 2.24) is 34.0 Å². The van der Waals surface area contributed by atoms with Crippen LogP contribution in [0.3, 0.4) is 0 Å². The van der Waals surface area contributed by atoms with E-state index >= 15 is 0 Å². The maximum atomic E-state index is 13.8. The smallest absolute Gasteiger partial charge is 0.243 e. The van der Waals surface area contributed by atoms with Gasteiger partial charge >= 0.3 is 0 Å². The Labute approximate surface area is 250 Å². The number of rotatable bonds is 7. The summed E-state index contributed by atoms with van der Waals surface area (Å²) in [6.45, 7) is 1.06. The summed E-state index contributed by atoms with van der Waals surface area (Å²) < 4.78 is 31.0. The highest BCUT2D eigenvalue weighted by Crippen LogP contribution is 2.47. The van der Waals surface area contributed by atoms with Gasteiger partial charge in [0.1, 0.15) is 16.9 Å². The second-order valence-corrected chi connectivity index (χ2v) is 11.3. The first-order valence-corrected chi connectivity index (χ1v) is 14.4. The number of likely N-dealkylation sites (tertiary alicyclic amines) is 1. The van der Waals surface area contributed by atoms with Gasteiger partial charge in [0.15, 0.2) is 11.4 Å². The Bertz CT molecular complexity index is 1950. The highest BCUT2D eigenvalue weighted by Gasteiger charge is 2.52. The van der Waals surface area contributed by atoms with Crippen molar-refractivity contribution in [1.29, 1.82) is 5.26 Å².